The molecule has 0 bridgehead atoms. The number of nitrogens with zero attached hydrogens (tertiary/aromatic N) is 1. The summed E-state index contributed by atoms with van der Waals surface area (Å²) in [4.78, 5) is 0. The molecule has 3 rings (SSSR count). The molecule has 0 heterocycles. The van der Waals surface area contributed by atoms with Crippen LogP contribution in [0.3, 0.4) is 0 Å². The third kappa shape index (κ3) is 5.82. The summed E-state index contributed by atoms with van der Waals surface area (Å²) < 4.78 is 7.03. The molecule has 6 heteroatoms. The minimum Gasteiger partial charge on any atom is -0.411 e. The summed E-state index contributed by atoms with van der Waals surface area (Å²) >= 11 is 6.10. The predicted octanol–water partition coefficient (Wildman–Crippen LogP) is 8.02. The van der Waals surface area contributed by atoms with Crippen molar-refractivity contribution in [3.8, 4) is 0 Å². The number of halogens is 1. The average molecular weight is 473 g/mol. The molecular weight excluding hydrogens is 436 g/mol. The zero-order valence-corrected chi connectivity index (χ0v) is 21.7. The smallest absolute Gasteiger partial charge is 0.192 e. The molecule has 1 aliphatic rings. The highest BCUT2D eigenvalue weighted by Crippen LogP contribution is 2.47. The lowest BCUT2D eigenvalue weighted by molar-refractivity contribution is 0.0166. The highest BCUT2D eigenvalue weighted by Gasteiger charge is 2.47. The number of benzene rings is 2. The van der Waals surface area contributed by atoms with Crippen LogP contribution in [0.5, 0.6) is 0 Å². The molecule has 0 radical (unpaired) electrons. The van der Waals surface area contributed by atoms with Crippen molar-refractivity contribution < 1.29 is 9.63 Å². The Labute approximate surface area is 199 Å². The second kappa shape index (κ2) is 9.68. The maximum Gasteiger partial charge on any atom is 0.192 e. The van der Waals surface area contributed by atoms with E-state index in [2.05, 4.69) is 64.2 Å². The van der Waals surface area contributed by atoms with E-state index in [4.69, 9.17) is 21.4 Å². The summed E-state index contributed by atoms with van der Waals surface area (Å²) in [7, 11) is -2.07. The average Bonchev–Trinajstić information content (AvgIpc) is 2.73. The quantitative estimate of drug-likeness (QED) is 0.193. The summed E-state index contributed by atoms with van der Waals surface area (Å²) in [5.74, 6) is 0.656. The Balaban J connectivity index is 1.82. The van der Waals surface area contributed by atoms with Crippen LogP contribution in [0.25, 0.3) is 0 Å². The summed E-state index contributed by atoms with van der Waals surface area (Å²) in [5.41, 5.74) is 1.44. The molecule has 0 spiro atoms. The van der Waals surface area contributed by atoms with Crippen molar-refractivity contribution in [2.75, 3.05) is 5.06 Å². The van der Waals surface area contributed by atoms with Gasteiger partial charge in [0.15, 0.2) is 8.32 Å². The molecule has 0 atom stereocenters. The minimum atomic E-state index is -2.07. The van der Waals surface area contributed by atoms with Gasteiger partial charge in [0.2, 0.25) is 0 Å². The van der Waals surface area contributed by atoms with Crippen LogP contribution in [0.4, 0.5) is 5.69 Å². The van der Waals surface area contributed by atoms with Gasteiger partial charge in [-0.25, -0.2) is 5.06 Å². The molecule has 1 fully saturated rings. The van der Waals surface area contributed by atoms with E-state index in [0.29, 0.717) is 23.0 Å². The first-order valence-corrected chi connectivity index (χ1v) is 14.8. The lowest BCUT2D eigenvalue weighted by atomic mass is 9.74. The second-order valence-electron chi connectivity index (χ2n) is 10.6. The lowest BCUT2D eigenvalue weighted by Crippen LogP contribution is -2.52. The lowest BCUT2D eigenvalue weighted by Gasteiger charge is -2.49. The van der Waals surface area contributed by atoms with Gasteiger partial charge in [0.1, 0.15) is 5.84 Å². The summed E-state index contributed by atoms with van der Waals surface area (Å²) in [6.45, 7) is 11.3. The Bertz CT molecular complexity index is 919. The van der Waals surface area contributed by atoms with Crippen molar-refractivity contribution in [2.24, 2.45) is 0 Å². The van der Waals surface area contributed by atoms with Crippen LogP contribution >= 0.6 is 11.6 Å². The third-order valence-electron chi connectivity index (χ3n) is 7.24. The van der Waals surface area contributed by atoms with Crippen molar-refractivity contribution >= 4 is 31.4 Å². The Hall–Kier alpha value is -1.66. The summed E-state index contributed by atoms with van der Waals surface area (Å²) in [6, 6.07) is 17.7. The number of hydrogen-bond acceptors (Lipinski definition) is 3. The fourth-order valence-electron chi connectivity index (χ4n) is 4.36. The molecule has 1 saturated carbocycles. The topological polar surface area (TPSA) is 56.5 Å². The van der Waals surface area contributed by atoms with E-state index in [1.54, 1.807) is 24.3 Å². The van der Waals surface area contributed by atoms with E-state index < -0.39 is 13.9 Å². The van der Waals surface area contributed by atoms with Crippen LogP contribution in [0.2, 0.25) is 23.2 Å². The first kappa shape index (κ1) is 25.0. The molecule has 0 saturated heterocycles. The van der Waals surface area contributed by atoms with E-state index in [9.17, 15) is 5.21 Å². The monoisotopic (exact) mass is 472 g/mol. The highest BCUT2D eigenvalue weighted by atomic mass is 35.5. The number of rotatable bonds is 6. The molecule has 174 valence electrons. The second-order valence-corrected chi connectivity index (χ2v) is 15.8. The molecular formula is C26H37ClN2O2Si. The van der Waals surface area contributed by atoms with Crippen molar-refractivity contribution in [1.82, 2.24) is 0 Å². The van der Waals surface area contributed by atoms with Gasteiger partial charge in [-0.1, -0.05) is 68.8 Å². The predicted molar refractivity (Wildman–Crippen MR) is 137 cm³/mol. The molecule has 0 unspecified atom stereocenters. The molecule has 4 nitrogen and oxygen atoms in total. The van der Waals surface area contributed by atoms with E-state index in [-0.39, 0.29) is 10.9 Å². The van der Waals surface area contributed by atoms with Gasteiger partial charge in [-0.3, -0.25) is 10.6 Å². The molecule has 32 heavy (non-hydrogen) atoms. The Morgan fingerprint density at radius 2 is 1.75 bits per heavy atom. The van der Waals surface area contributed by atoms with E-state index in [1.165, 1.54) is 5.56 Å². The molecule has 2 aromatic rings. The Kier molecular flexibility index (Phi) is 7.55. The minimum absolute atomic E-state index is 0.0737. The number of anilines is 1. The van der Waals surface area contributed by atoms with Crippen molar-refractivity contribution in [1.29, 1.82) is 5.41 Å². The van der Waals surface area contributed by atoms with Crippen LogP contribution in [0.15, 0.2) is 54.6 Å². The Morgan fingerprint density at radius 1 is 1.12 bits per heavy atom. The highest BCUT2D eigenvalue weighted by molar-refractivity contribution is 6.74. The van der Waals surface area contributed by atoms with Crippen LogP contribution in [0.1, 0.15) is 64.4 Å². The molecule has 0 aromatic heterocycles. The largest absolute Gasteiger partial charge is 0.411 e. The maximum atomic E-state index is 10.8. The van der Waals surface area contributed by atoms with Gasteiger partial charge >= 0.3 is 0 Å². The van der Waals surface area contributed by atoms with Gasteiger partial charge < -0.3 is 4.43 Å². The first-order chi connectivity index (χ1) is 14.9. The molecule has 1 aliphatic carbocycles. The van der Waals surface area contributed by atoms with Gasteiger partial charge in [0.25, 0.3) is 0 Å². The van der Waals surface area contributed by atoms with Crippen molar-refractivity contribution in [2.45, 2.75) is 82.5 Å². The third-order valence-corrected chi connectivity index (χ3v) is 12.0. The first-order valence-electron chi connectivity index (χ1n) is 11.5. The van der Waals surface area contributed by atoms with Crippen molar-refractivity contribution in [3.63, 3.8) is 0 Å². The van der Waals surface area contributed by atoms with Gasteiger partial charge in [0, 0.05) is 11.4 Å². The standard InChI is InChI=1S/C26H37ClN2O2Si/c1-25(2,3)32(4,5)31-26(16-14-21(15-17-26)20-10-7-6-8-11-20)19-24(28)29(30)23-13-9-12-22(27)18-23/h6-13,18,21,28,30H,14-17,19H2,1-5H3/t21-,26-. The zero-order chi connectivity index (χ0) is 23.6. The fourth-order valence-corrected chi connectivity index (χ4v) is 6.21. The Morgan fingerprint density at radius 3 is 2.31 bits per heavy atom. The number of hydrogen-bond donors (Lipinski definition) is 2. The zero-order valence-electron chi connectivity index (χ0n) is 20.0. The summed E-state index contributed by atoms with van der Waals surface area (Å²) in [6.07, 6.45) is 4.18. The number of nitrogens with one attached hydrogen (secondary N) is 1. The maximum absolute atomic E-state index is 10.8. The van der Waals surface area contributed by atoms with Crippen LogP contribution < -0.4 is 5.06 Å². The summed E-state index contributed by atoms with van der Waals surface area (Å²) in [5, 5.41) is 21.0. The normalized spacial score (nSPS) is 21.9. The van der Waals surface area contributed by atoms with E-state index in [0.717, 1.165) is 30.7 Å². The van der Waals surface area contributed by atoms with Gasteiger partial charge in [-0.05, 0) is 73.5 Å². The van der Waals surface area contributed by atoms with E-state index in [1.807, 2.05) is 0 Å². The van der Waals surface area contributed by atoms with Crippen LogP contribution in [-0.4, -0.2) is 25.0 Å². The molecule has 0 aliphatic heterocycles. The SMILES string of the molecule is CC(C)(C)[Si](C)(C)O[C@]1(CC(=N)N(O)c2cccc(Cl)c2)CC[C@@H](c2ccccc2)CC1. The van der Waals surface area contributed by atoms with Crippen molar-refractivity contribution in [3.05, 3.63) is 65.2 Å². The number of hydroxylamine groups is 1. The number of amidine groups is 1. The van der Waals surface area contributed by atoms with Gasteiger partial charge in [-0.15, -0.1) is 0 Å². The van der Waals surface area contributed by atoms with E-state index >= 15 is 0 Å². The van der Waals surface area contributed by atoms with Gasteiger partial charge in [-0.2, -0.15) is 0 Å². The fraction of sp³-hybridized carbons (Fsp3) is 0.500. The molecule has 2 N–H and O–H groups in total. The molecule has 2 aromatic carbocycles. The van der Waals surface area contributed by atoms with Gasteiger partial charge in [0.05, 0.1) is 11.3 Å². The van der Waals surface area contributed by atoms with Crippen LogP contribution in [0, 0.1) is 5.41 Å². The van der Waals surface area contributed by atoms with Crippen LogP contribution in [-0.2, 0) is 4.43 Å². The molecule has 0 amide bonds.